The van der Waals surface area contributed by atoms with Crippen LogP contribution in [0.2, 0.25) is 0 Å². The minimum absolute atomic E-state index is 0. The van der Waals surface area contributed by atoms with Gasteiger partial charge in [0.2, 0.25) is 0 Å². The summed E-state index contributed by atoms with van der Waals surface area (Å²) in [6.45, 7) is 2.72. The van der Waals surface area contributed by atoms with Crippen molar-refractivity contribution in [1.29, 1.82) is 0 Å². The second-order valence-corrected chi connectivity index (χ2v) is 4.29. The van der Waals surface area contributed by atoms with E-state index in [-0.39, 0.29) is 59.1 Å². The molecule has 0 aliphatic carbocycles. The summed E-state index contributed by atoms with van der Waals surface area (Å²) in [4.78, 5) is 1.57. The maximum atomic E-state index is 5.30. The molecule has 0 aliphatic rings. The Labute approximate surface area is 157 Å². The van der Waals surface area contributed by atoms with Crippen LogP contribution in [0.1, 0.15) is 0 Å². The zero-order chi connectivity index (χ0) is 10.3. The van der Waals surface area contributed by atoms with Crippen LogP contribution in [0.15, 0.2) is 0 Å². The van der Waals surface area contributed by atoms with Gasteiger partial charge >= 0.3 is 59.1 Å². The molecule has 0 saturated carbocycles. The van der Waals surface area contributed by atoms with Gasteiger partial charge in [0.15, 0.2) is 0 Å². The van der Waals surface area contributed by atoms with Crippen molar-refractivity contribution in [3.05, 3.63) is 0 Å². The Kier molecular flexibility index (Phi) is 21.6. The van der Waals surface area contributed by atoms with E-state index in [1.165, 1.54) is 0 Å². The summed E-state index contributed by atoms with van der Waals surface area (Å²) in [5.41, 5.74) is 5.30. The van der Waals surface area contributed by atoms with E-state index in [0.29, 0.717) is 21.7 Å². The van der Waals surface area contributed by atoms with Crippen LogP contribution in [0.25, 0.3) is 0 Å². The molecular formula is C6H11N3Na2S4. The molecule has 9 heteroatoms. The van der Waals surface area contributed by atoms with Gasteiger partial charge in [0, 0.05) is 26.2 Å². The molecule has 0 fully saturated rings. The van der Waals surface area contributed by atoms with E-state index in [2.05, 4.69) is 5.32 Å². The Morgan fingerprint density at radius 1 is 1.13 bits per heavy atom. The molecule has 0 rings (SSSR count). The summed E-state index contributed by atoms with van der Waals surface area (Å²) in [7, 11) is 0. The van der Waals surface area contributed by atoms with Crippen molar-refractivity contribution in [3.63, 3.8) is 0 Å². The largest absolute Gasteiger partial charge is 1.00 e. The zero-order valence-electron chi connectivity index (χ0n) is 8.99. The van der Waals surface area contributed by atoms with Gasteiger partial charge in [-0.1, -0.05) is 8.64 Å². The molecule has 0 atom stereocenters. The first kappa shape index (κ1) is 22.5. The van der Waals surface area contributed by atoms with Gasteiger partial charge in [-0.2, -0.15) is 0 Å². The van der Waals surface area contributed by atoms with Gasteiger partial charge in [-0.05, 0) is 0 Å². The van der Waals surface area contributed by atoms with Crippen molar-refractivity contribution in [2.75, 3.05) is 26.2 Å². The average molecular weight is 299 g/mol. The fourth-order valence-corrected chi connectivity index (χ4v) is 1.64. The topological polar surface area (TPSA) is 41.3 Å². The van der Waals surface area contributed by atoms with Gasteiger partial charge < -0.3 is 65.6 Å². The average Bonchev–Trinajstić information content (AvgIpc) is 2.02. The third-order valence-corrected chi connectivity index (χ3v) is 2.16. The van der Waals surface area contributed by atoms with Crippen molar-refractivity contribution in [3.8, 4) is 0 Å². The summed E-state index contributed by atoms with van der Waals surface area (Å²) in [6, 6.07) is 0. The number of nitrogens with zero attached hydrogens (tertiary/aromatic N) is 1. The molecule has 3 N–H and O–H groups in total. The number of thiocarbonyl (C=S) groups is 2. The molecule has 0 aliphatic heterocycles. The first-order valence-electron chi connectivity index (χ1n) is 3.70. The summed E-state index contributed by atoms with van der Waals surface area (Å²) in [5.74, 6) is 0. The first-order valence-corrected chi connectivity index (χ1v) is 5.33. The molecule has 0 heterocycles. The van der Waals surface area contributed by atoms with Gasteiger partial charge in [-0.25, -0.2) is 0 Å². The van der Waals surface area contributed by atoms with Gasteiger partial charge in [-0.15, -0.1) is 0 Å². The number of nitrogens with two attached hydrogens (primary N) is 1. The second-order valence-electron chi connectivity index (χ2n) is 2.22. The number of nitrogens with one attached hydrogen (secondary N) is 1. The maximum Gasteiger partial charge on any atom is 1.00 e. The van der Waals surface area contributed by atoms with Crippen LogP contribution in [0.5, 0.6) is 0 Å². The fraction of sp³-hybridized carbons (Fsp3) is 0.667. The van der Waals surface area contributed by atoms with Crippen molar-refractivity contribution in [1.82, 2.24) is 10.2 Å². The fourth-order valence-electron chi connectivity index (χ4n) is 0.675. The number of hydrogen-bond donors (Lipinski definition) is 2. The summed E-state index contributed by atoms with van der Waals surface area (Å²) < 4.78 is 0.601. The van der Waals surface area contributed by atoms with Crippen LogP contribution in [0.3, 0.4) is 0 Å². The predicted molar refractivity (Wildman–Crippen MR) is 68.6 cm³/mol. The van der Waals surface area contributed by atoms with E-state index in [1.54, 1.807) is 4.90 Å². The molecule has 0 saturated heterocycles. The molecule has 0 radical (unpaired) electrons. The van der Waals surface area contributed by atoms with E-state index in [0.717, 1.165) is 13.1 Å². The van der Waals surface area contributed by atoms with Gasteiger partial charge in [0.1, 0.15) is 0 Å². The summed E-state index contributed by atoms with van der Waals surface area (Å²) >= 11 is 19.2. The predicted octanol–water partition coefficient (Wildman–Crippen LogP) is -6.49. The second kappa shape index (κ2) is 14.4. The molecule has 0 unspecified atom stereocenters. The van der Waals surface area contributed by atoms with Crippen LogP contribution in [-0.2, 0) is 25.3 Å². The van der Waals surface area contributed by atoms with Crippen molar-refractivity contribution >= 4 is 58.3 Å². The molecule has 0 bridgehead atoms. The molecule has 76 valence electrons. The minimum atomic E-state index is 0. The quantitative estimate of drug-likeness (QED) is 0.226. The third-order valence-electron chi connectivity index (χ3n) is 1.27. The van der Waals surface area contributed by atoms with Crippen LogP contribution in [-0.4, -0.2) is 39.7 Å². The molecular weight excluding hydrogens is 288 g/mol. The Bertz CT molecular complexity index is 179. The maximum absolute atomic E-state index is 5.30. The van der Waals surface area contributed by atoms with Crippen LogP contribution < -0.4 is 70.2 Å². The van der Waals surface area contributed by atoms with Crippen molar-refractivity contribution in [2.24, 2.45) is 5.73 Å². The molecule has 0 aromatic rings. The molecule has 0 aromatic heterocycles. The van der Waals surface area contributed by atoms with E-state index in [4.69, 9.17) is 55.4 Å². The molecule has 0 amide bonds. The van der Waals surface area contributed by atoms with Crippen LogP contribution in [0, 0.1) is 0 Å². The Hall–Kier alpha value is 2.34. The minimum Gasteiger partial charge on any atom is -0.411 e. The molecule has 0 spiro atoms. The Morgan fingerprint density at radius 2 is 1.60 bits per heavy atom. The van der Waals surface area contributed by atoms with Crippen molar-refractivity contribution < 1.29 is 59.1 Å². The monoisotopic (exact) mass is 299 g/mol. The number of rotatable bonds is 5. The van der Waals surface area contributed by atoms with E-state index >= 15 is 0 Å². The Morgan fingerprint density at radius 3 is 1.93 bits per heavy atom. The zero-order valence-corrected chi connectivity index (χ0v) is 16.3. The standard InChI is InChI=1S/C6H13N3S4.2Na/c7-1-2-8-3-4-9(5(10)11)6(12)13;;/h8H,1-4,7H2,(H,10,11)(H,12,13);;/q;2*+1/p-2. The smallest absolute Gasteiger partial charge is 0.411 e. The Balaban J connectivity index is -0.000000720. The molecule has 0 aromatic carbocycles. The SMILES string of the molecule is NCCNCCN(C(=S)[S-])C(=S)[S-].[Na+].[Na+]. The summed E-state index contributed by atoms with van der Waals surface area (Å²) in [5, 5.41) is 3.10. The van der Waals surface area contributed by atoms with Gasteiger partial charge in [0.05, 0.1) is 0 Å². The van der Waals surface area contributed by atoms with Crippen LogP contribution in [0.4, 0.5) is 0 Å². The van der Waals surface area contributed by atoms with Gasteiger partial charge in [0.25, 0.3) is 0 Å². The van der Waals surface area contributed by atoms with Gasteiger partial charge in [-0.3, -0.25) is 0 Å². The van der Waals surface area contributed by atoms with Crippen molar-refractivity contribution in [2.45, 2.75) is 0 Å². The molecule has 15 heavy (non-hydrogen) atoms. The third kappa shape index (κ3) is 12.6. The molecule has 3 nitrogen and oxygen atoms in total. The van der Waals surface area contributed by atoms with E-state index in [1.807, 2.05) is 0 Å². The summed E-state index contributed by atoms with van der Waals surface area (Å²) in [6.07, 6.45) is 0. The number of hydrogen-bond acceptors (Lipinski definition) is 6. The van der Waals surface area contributed by atoms with E-state index < -0.39 is 0 Å². The van der Waals surface area contributed by atoms with Crippen LogP contribution >= 0.6 is 24.4 Å². The van der Waals surface area contributed by atoms with E-state index in [9.17, 15) is 0 Å². The first-order chi connectivity index (χ1) is 6.09. The normalized spacial score (nSPS) is 8.33.